The third-order valence-electron chi connectivity index (χ3n) is 5.16. The number of halogens is 1. The Labute approximate surface area is 172 Å². The monoisotopic (exact) mass is 415 g/mol. The Kier molecular flexibility index (Phi) is 6.09. The summed E-state index contributed by atoms with van der Waals surface area (Å²) in [6, 6.07) is 9.73. The number of nitrogens with zero attached hydrogens (tertiary/aromatic N) is 2. The van der Waals surface area contributed by atoms with Gasteiger partial charge in [0.25, 0.3) is 5.91 Å². The first-order valence-corrected chi connectivity index (χ1v) is 9.49. The van der Waals surface area contributed by atoms with Crippen LogP contribution in [0.5, 0.6) is 0 Å². The molecule has 1 aromatic heterocycles. The van der Waals surface area contributed by atoms with Crippen LogP contribution >= 0.6 is 0 Å². The SMILES string of the molecule is CC(C)[C@@]1(C(=O)N[C@@H](CC(=O)O)C(=O)CF)CC(c2ccc3ccccc3n2)=NO1. The van der Waals surface area contributed by atoms with Crippen molar-refractivity contribution in [3.63, 3.8) is 0 Å². The van der Waals surface area contributed by atoms with Crippen LogP contribution in [0.25, 0.3) is 10.9 Å². The Hall–Kier alpha value is -3.36. The van der Waals surface area contributed by atoms with Crippen LogP contribution in [-0.2, 0) is 19.2 Å². The van der Waals surface area contributed by atoms with Crippen LogP contribution in [0.4, 0.5) is 4.39 Å². The minimum absolute atomic E-state index is 0.0748. The molecule has 0 unspecified atom stereocenters. The molecule has 0 fully saturated rings. The number of Topliss-reactive ketones (excluding diaryl/α,β-unsaturated/α-hetero) is 1. The maximum atomic E-state index is 13.0. The van der Waals surface area contributed by atoms with Crippen molar-refractivity contribution in [3.8, 4) is 0 Å². The van der Waals surface area contributed by atoms with Crippen molar-refractivity contribution < 1.29 is 28.7 Å². The molecule has 2 heterocycles. The fraction of sp³-hybridized carbons (Fsp3) is 0.381. The normalized spacial score (nSPS) is 19.3. The lowest BCUT2D eigenvalue weighted by Gasteiger charge is -2.30. The Morgan fingerprint density at radius 1 is 1.23 bits per heavy atom. The van der Waals surface area contributed by atoms with Crippen LogP contribution in [0.2, 0.25) is 0 Å². The smallest absolute Gasteiger partial charge is 0.305 e. The molecule has 1 amide bonds. The number of rotatable bonds is 8. The van der Waals surface area contributed by atoms with Gasteiger partial charge in [0, 0.05) is 17.7 Å². The molecule has 0 bridgehead atoms. The van der Waals surface area contributed by atoms with E-state index in [1.54, 1.807) is 19.9 Å². The fourth-order valence-electron chi connectivity index (χ4n) is 3.30. The minimum Gasteiger partial charge on any atom is -0.481 e. The van der Waals surface area contributed by atoms with Crippen LogP contribution in [0.3, 0.4) is 0 Å². The average Bonchev–Trinajstić information content (AvgIpc) is 3.19. The molecule has 0 spiro atoms. The van der Waals surface area contributed by atoms with E-state index in [-0.39, 0.29) is 12.3 Å². The van der Waals surface area contributed by atoms with Crippen molar-refractivity contribution in [2.24, 2.45) is 11.1 Å². The molecule has 158 valence electrons. The Bertz CT molecular complexity index is 1020. The maximum absolute atomic E-state index is 13.0. The zero-order valence-corrected chi connectivity index (χ0v) is 16.6. The highest BCUT2D eigenvalue weighted by Gasteiger charge is 2.50. The molecule has 0 saturated carbocycles. The first-order chi connectivity index (χ1) is 14.3. The number of carboxylic acids is 1. The molecule has 30 heavy (non-hydrogen) atoms. The summed E-state index contributed by atoms with van der Waals surface area (Å²) in [5.74, 6) is -3.43. The van der Waals surface area contributed by atoms with Gasteiger partial charge in [0.2, 0.25) is 5.60 Å². The fourth-order valence-corrected chi connectivity index (χ4v) is 3.30. The number of ketones is 1. The molecular weight excluding hydrogens is 393 g/mol. The molecule has 9 heteroatoms. The van der Waals surface area contributed by atoms with Crippen LogP contribution in [0, 0.1) is 5.92 Å². The van der Waals surface area contributed by atoms with Crippen molar-refractivity contribution in [2.75, 3.05) is 6.67 Å². The minimum atomic E-state index is -1.48. The number of nitrogens with one attached hydrogen (secondary N) is 1. The number of carbonyl (C=O) groups excluding carboxylic acids is 2. The number of para-hydroxylation sites is 1. The van der Waals surface area contributed by atoms with Crippen molar-refractivity contribution >= 4 is 34.3 Å². The van der Waals surface area contributed by atoms with Crippen molar-refractivity contribution in [3.05, 3.63) is 42.1 Å². The number of benzene rings is 1. The summed E-state index contributed by atoms with van der Waals surface area (Å²) in [7, 11) is 0. The van der Waals surface area contributed by atoms with Gasteiger partial charge < -0.3 is 15.3 Å². The highest BCUT2D eigenvalue weighted by atomic mass is 19.1. The van der Waals surface area contributed by atoms with Gasteiger partial charge in [-0.3, -0.25) is 14.4 Å². The number of carboxylic acid groups (broad SMARTS) is 1. The van der Waals surface area contributed by atoms with E-state index in [4.69, 9.17) is 9.94 Å². The quantitative estimate of drug-likeness (QED) is 0.683. The molecular formula is C21H22FN3O5. The lowest BCUT2D eigenvalue weighted by atomic mass is 9.84. The Morgan fingerprint density at radius 3 is 2.63 bits per heavy atom. The number of aliphatic carboxylic acids is 1. The van der Waals surface area contributed by atoms with Crippen molar-refractivity contribution in [1.29, 1.82) is 0 Å². The van der Waals surface area contributed by atoms with E-state index in [2.05, 4.69) is 15.5 Å². The predicted molar refractivity (Wildman–Crippen MR) is 107 cm³/mol. The van der Waals surface area contributed by atoms with E-state index < -0.39 is 42.4 Å². The average molecular weight is 415 g/mol. The lowest BCUT2D eigenvalue weighted by Crippen LogP contribution is -2.55. The number of hydrogen-bond acceptors (Lipinski definition) is 6. The molecule has 0 radical (unpaired) electrons. The Balaban J connectivity index is 1.84. The van der Waals surface area contributed by atoms with Crippen LogP contribution in [-0.4, -0.2) is 51.8 Å². The van der Waals surface area contributed by atoms with Gasteiger partial charge >= 0.3 is 5.97 Å². The molecule has 8 nitrogen and oxygen atoms in total. The number of oxime groups is 1. The largest absolute Gasteiger partial charge is 0.481 e. The molecule has 2 aromatic rings. The zero-order valence-electron chi connectivity index (χ0n) is 16.6. The summed E-state index contributed by atoms with van der Waals surface area (Å²) < 4.78 is 12.8. The number of aromatic nitrogens is 1. The van der Waals surface area contributed by atoms with Gasteiger partial charge in [-0.1, -0.05) is 43.3 Å². The van der Waals surface area contributed by atoms with E-state index in [1.165, 1.54) is 0 Å². The van der Waals surface area contributed by atoms with E-state index in [0.717, 1.165) is 10.9 Å². The van der Waals surface area contributed by atoms with E-state index in [9.17, 15) is 18.8 Å². The van der Waals surface area contributed by atoms with Gasteiger partial charge in [-0.05, 0) is 12.1 Å². The molecule has 2 N–H and O–H groups in total. The maximum Gasteiger partial charge on any atom is 0.305 e. The molecule has 0 aliphatic carbocycles. The number of hydrogen-bond donors (Lipinski definition) is 2. The van der Waals surface area contributed by atoms with Gasteiger partial charge in [-0.2, -0.15) is 0 Å². The van der Waals surface area contributed by atoms with Crippen LogP contribution < -0.4 is 5.32 Å². The van der Waals surface area contributed by atoms with Crippen molar-refractivity contribution in [1.82, 2.24) is 10.3 Å². The van der Waals surface area contributed by atoms with Gasteiger partial charge in [0.05, 0.1) is 17.6 Å². The summed E-state index contributed by atoms with van der Waals surface area (Å²) in [5.41, 5.74) is 0.303. The highest BCUT2D eigenvalue weighted by molar-refractivity contribution is 6.06. The summed E-state index contributed by atoms with van der Waals surface area (Å²) in [4.78, 5) is 45.9. The zero-order chi connectivity index (χ0) is 21.9. The molecule has 1 aliphatic rings. The number of carbonyl (C=O) groups is 3. The first kappa shape index (κ1) is 21.4. The van der Waals surface area contributed by atoms with Crippen molar-refractivity contribution in [2.45, 2.75) is 38.3 Å². The first-order valence-electron chi connectivity index (χ1n) is 9.49. The van der Waals surface area contributed by atoms with Gasteiger partial charge in [-0.15, -0.1) is 0 Å². The molecule has 1 aliphatic heterocycles. The lowest BCUT2D eigenvalue weighted by molar-refractivity contribution is -0.152. The molecule has 3 rings (SSSR count). The Morgan fingerprint density at radius 2 is 1.97 bits per heavy atom. The third kappa shape index (κ3) is 4.14. The number of alkyl halides is 1. The van der Waals surface area contributed by atoms with E-state index in [1.807, 2.05) is 30.3 Å². The van der Waals surface area contributed by atoms with Crippen LogP contribution in [0.1, 0.15) is 32.4 Å². The van der Waals surface area contributed by atoms with Crippen LogP contribution in [0.15, 0.2) is 41.6 Å². The number of pyridine rings is 1. The van der Waals surface area contributed by atoms with E-state index in [0.29, 0.717) is 11.4 Å². The second-order valence-corrected chi connectivity index (χ2v) is 7.46. The topological polar surface area (TPSA) is 118 Å². The van der Waals surface area contributed by atoms with Gasteiger partial charge in [0.1, 0.15) is 18.4 Å². The summed E-state index contributed by atoms with van der Waals surface area (Å²) in [6.07, 6.45) is -0.645. The highest BCUT2D eigenvalue weighted by Crippen LogP contribution is 2.34. The summed E-state index contributed by atoms with van der Waals surface area (Å²) >= 11 is 0. The predicted octanol–water partition coefficient (Wildman–Crippen LogP) is 2.25. The van der Waals surface area contributed by atoms with E-state index >= 15 is 0 Å². The molecule has 2 atom stereocenters. The summed E-state index contributed by atoms with van der Waals surface area (Å²) in [6.45, 7) is 2.11. The third-order valence-corrected chi connectivity index (χ3v) is 5.16. The molecule has 0 saturated heterocycles. The standard InChI is InChI=1S/C21H22FN3O5/c1-12(2)21(20(29)24-16(9-19(27)28)18(26)11-22)10-17(25-30-21)15-8-7-13-5-3-4-6-14(13)23-15/h3-8,12,16H,9-11H2,1-2H3,(H,24,29)(H,27,28)/t16-,21+/m0/s1. The molecule has 1 aromatic carbocycles. The van der Waals surface area contributed by atoms with Gasteiger partial charge in [0.15, 0.2) is 5.78 Å². The number of fused-ring (bicyclic) bond motifs is 1. The summed E-state index contributed by atoms with van der Waals surface area (Å²) in [5, 5.41) is 16.3. The second-order valence-electron chi connectivity index (χ2n) is 7.46. The van der Waals surface area contributed by atoms with Gasteiger partial charge in [-0.25, -0.2) is 9.37 Å². The number of amides is 1. The second kappa shape index (κ2) is 8.56.